The van der Waals surface area contributed by atoms with E-state index in [0.717, 1.165) is 33.1 Å². The van der Waals surface area contributed by atoms with E-state index in [-0.39, 0.29) is 0 Å². The van der Waals surface area contributed by atoms with Crippen molar-refractivity contribution in [2.75, 3.05) is 22.8 Å². The van der Waals surface area contributed by atoms with E-state index in [4.69, 9.17) is 9.47 Å². The van der Waals surface area contributed by atoms with Crippen molar-refractivity contribution in [3.8, 4) is 11.5 Å². The Morgan fingerprint density at radius 2 is 1.15 bits per heavy atom. The fourth-order valence-corrected chi connectivity index (χ4v) is 3.98. The Bertz CT molecular complexity index is 720. The lowest BCUT2D eigenvalue weighted by molar-refractivity contribution is -0.107. The molecule has 0 heterocycles. The summed E-state index contributed by atoms with van der Waals surface area (Å²) in [6.45, 7) is 3.85. The molecule has 0 radical (unpaired) electrons. The van der Waals surface area contributed by atoms with Gasteiger partial charge in [-0.3, -0.25) is 9.59 Å². The Balaban J connectivity index is 2.15. The number of methoxy groups -OCH3 is 2. The molecule has 0 bridgehead atoms. The summed E-state index contributed by atoms with van der Waals surface area (Å²) in [5, 5.41) is 0. The molecule has 0 saturated heterocycles. The molecule has 26 heavy (non-hydrogen) atoms. The highest BCUT2D eigenvalue weighted by molar-refractivity contribution is 8.78. The lowest BCUT2D eigenvalue weighted by Crippen LogP contribution is -2.15. The van der Waals surface area contributed by atoms with Gasteiger partial charge in [0.15, 0.2) is 0 Å². The average Bonchev–Trinajstić information content (AvgIpc) is 2.67. The summed E-state index contributed by atoms with van der Waals surface area (Å²) in [4.78, 5) is 23.0. The van der Waals surface area contributed by atoms with E-state index < -0.39 is 0 Å². The fraction of sp³-hybridized carbons (Fsp3) is 0.222. The second-order valence-corrected chi connectivity index (χ2v) is 7.30. The van der Waals surface area contributed by atoms with E-state index in [1.165, 1.54) is 8.61 Å². The van der Waals surface area contributed by atoms with Crippen LogP contribution in [0.5, 0.6) is 11.5 Å². The minimum absolute atomic E-state index is 0.660. The Kier molecular flexibility index (Phi) is 7.23. The molecule has 0 atom stereocenters. The monoisotopic (exact) mass is 392 g/mol. The van der Waals surface area contributed by atoms with Crippen molar-refractivity contribution in [2.24, 2.45) is 0 Å². The summed E-state index contributed by atoms with van der Waals surface area (Å²) in [7, 11) is 5.41. The Morgan fingerprint density at radius 1 is 0.769 bits per heavy atom. The first-order chi connectivity index (χ1) is 12.5. The highest BCUT2D eigenvalue weighted by Gasteiger charge is 2.15. The number of hydrogen-bond donors (Lipinski definition) is 0. The van der Waals surface area contributed by atoms with Crippen LogP contribution in [-0.2, 0) is 9.59 Å². The zero-order valence-corrected chi connectivity index (χ0v) is 16.6. The number of carbonyl (C=O) groups is 2. The molecule has 0 unspecified atom stereocenters. The molecule has 2 aromatic carbocycles. The molecule has 6 nitrogen and oxygen atoms in total. The molecule has 0 aromatic heterocycles. The van der Waals surface area contributed by atoms with Crippen LogP contribution in [0.1, 0.15) is 11.1 Å². The van der Waals surface area contributed by atoms with Crippen molar-refractivity contribution in [2.45, 2.75) is 13.8 Å². The zero-order valence-electron chi connectivity index (χ0n) is 15.0. The predicted octanol–water partition coefficient (Wildman–Crippen LogP) is 4.16. The molecular formula is C18H20N2O4S2. The number of rotatable bonds is 9. The van der Waals surface area contributed by atoms with Crippen LogP contribution in [0.15, 0.2) is 36.4 Å². The predicted molar refractivity (Wildman–Crippen MR) is 108 cm³/mol. The second kappa shape index (κ2) is 9.40. The lowest BCUT2D eigenvalue weighted by Gasteiger charge is -2.21. The Hall–Kier alpha value is -2.32. The molecule has 138 valence electrons. The number of ether oxygens (including phenoxy) is 2. The summed E-state index contributed by atoms with van der Waals surface area (Å²) in [6, 6.07) is 10.9. The first kappa shape index (κ1) is 20.0. The van der Waals surface area contributed by atoms with Crippen molar-refractivity contribution >= 4 is 46.2 Å². The molecule has 2 rings (SSSR count). The SMILES string of the molecule is COc1cc(N(C=O)SSN(C=O)c2ccc(C)c(OC)c2)ccc1C. The third-order valence-corrected chi connectivity index (χ3v) is 5.82. The van der Waals surface area contributed by atoms with Gasteiger partial charge < -0.3 is 9.47 Å². The van der Waals surface area contributed by atoms with Gasteiger partial charge in [0.05, 0.1) is 47.6 Å². The van der Waals surface area contributed by atoms with E-state index in [0.29, 0.717) is 35.7 Å². The van der Waals surface area contributed by atoms with Crippen LogP contribution in [-0.4, -0.2) is 27.0 Å². The van der Waals surface area contributed by atoms with Crippen molar-refractivity contribution in [1.29, 1.82) is 0 Å². The van der Waals surface area contributed by atoms with Gasteiger partial charge in [0.2, 0.25) is 12.8 Å². The Labute approximate surface area is 161 Å². The number of amides is 2. The normalized spacial score (nSPS) is 10.2. The zero-order chi connectivity index (χ0) is 19.1. The minimum atomic E-state index is 0.660. The number of anilines is 2. The number of benzene rings is 2. The first-order valence-corrected chi connectivity index (χ1v) is 9.73. The van der Waals surface area contributed by atoms with Gasteiger partial charge in [-0.15, -0.1) is 0 Å². The number of hydrogen-bond acceptors (Lipinski definition) is 6. The number of nitrogens with zero attached hydrogens (tertiary/aromatic N) is 2. The Morgan fingerprint density at radius 3 is 1.46 bits per heavy atom. The molecular weight excluding hydrogens is 372 g/mol. The quantitative estimate of drug-likeness (QED) is 0.363. The van der Waals surface area contributed by atoms with Crippen LogP contribution in [0.25, 0.3) is 0 Å². The molecule has 2 amide bonds. The van der Waals surface area contributed by atoms with Crippen LogP contribution in [0.2, 0.25) is 0 Å². The molecule has 0 aliphatic heterocycles. The van der Waals surface area contributed by atoms with Gasteiger partial charge in [0, 0.05) is 12.1 Å². The topological polar surface area (TPSA) is 59.1 Å². The summed E-state index contributed by atoms with van der Waals surface area (Å²) >= 11 is 0. The van der Waals surface area contributed by atoms with Crippen molar-refractivity contribution < 1.29 is 19.1 Å². The molecule has 0 aliphatic rings. The first-order valence-electron chi connectivity index (χ1n) is 7.67. The average molecular weight is 393 g/mol. The molecule has 0 fully saturated rings. The number of carbonyl (C=O) groups excluding carboxylic acids is 2. The summed E-state index contributed by atoms with van der Waals surface area (Å²) in [6.07, 6.45) is 1.39. The van der Waals surface area contributed by atoms with E-state index in [2.05, 4.69) is 0 Å². The molecule has 0 saturated carbocycles. The molecule has 0 N–H and O–H groups in total. The van der Waals surface area contributed by atoms with E-state index in [1.807, 2.05) is 38.1 Å². The largest absolute Gasteiger partial charge is 0.496 e. The van der Waals surface area contributed by atoms with Crippen LogP contribution in [0, 0.1) is 13.8 Å². The summed E-state index contributed by atoms with van der Waals surface area (Å²) in [5.74, 6) is 1.38. The second-order valence-electron chi connectivity index (χ2n) is 5.32. The molecule has 8 heteroatoms. The maximum absolute atomic E-state index is 11.5. The minimum Gasteiger partial charge on any atom is -0.496 e. The summed E-state index contributed by atoms with van der Waals surface area (Å²) in [5.41, 5.74) is 3.27. The van der Waals surface area contributed by atoms with Gasteiger partial charge in [-0.1, -0.05) is 12.1 Å². The van der Waals surface area contributed by atoms with Crippen LogP contribution in [0.3, 0.4) is 0 Å². The van der Waals surface area contributed by atoms with E-state index in [9.17, 15) is 9.59 Å². The molecule has 0 spiro atoms. The fourth-order valence-electron chi connectivity index (χ4n) is 2.21. The molecule has 2 aromatic rings. The molecule has 0 aliphatic carbocycles. The van der Waals surface area contributed by atoms with Crippen LogP contribution >= 0.6 is 22.0 Å². The van der Waals surface area contributed by atoms with Crippen LogP contribution < -0.4 is 18.1 Å². The van der Waals surface area contributed by atoms with Gasteiger partial charge in [0.25, 0.3) is 0 Å². The lowest BCUT2D eigenvalue weighted by atomic mass is 10.2. The van der Waals surface area contributed by atoms with Gasteiger partial charge >= 0.3 is 0 Å². The third-order valence-electron chi connectivity index (χ3n) is 3.68. The highest BCUT2D eigenvalue weighted by Crippen LogP contribution is 2.37. The van der Waals surface area contributed by atoms with Gasteiger partial charge in [0.1, 0.15) is 11.5 Å². The smallest absolute Gasteiger partial charge is 0.224 e. The van der Waals surface area contributed by atoms with Gasteiger partial charge in [-0.2, -0.15) is 0 Å². The van der Waals surface area contributed by atoms with E-state index >= 15 is 0 Å². The highest BCUT2D eigenvalue weighted by atomic mass is 33.1. The summed E-state index contributed by atoms with van der Waals surface area (Å²) < 4.78 is 13.4. The van der Waals surface area contributed by atoms with E-state index in [1.54, 1.807) is 26.4 Å². The van der Waals surface area contributed by atoms with Crippen molar-refractivity contribution in [3.63, 3.8) is 0 Å². The van der Waals surface area contributed by atoms with Crippen molar-refractivity contribution in [1.82, 2.24) is 0 Å². The van der Waals surface area contributed by atoms with Crippen LogP contribution in [0.4, 0.5) is 11.4 Å². The third kappa shape index (κ3) is 4.64. The van der Waals surface area contributed by atoms with Gasteiger partial charge in [-0.25, -0.2) is 8.61 Å². The van der Waals surface area contributed by atoms with Crippen molar-refractivity contribution in [3.05, 3.63) is 47.5 Å². The standard InChI is InChI=1S/C18H20N2O4S2/c1-13-5-7-15(9-17(13)23-3)19(11-21)25-26-20(12-22)16-8-6-14(2)18(10-16)24-4/h5-12H,1-4H3. The van der Waals surface area contributed by atoms with Gasteiger partial charge in [-0.05, 0) is 37.1 Å². The maximum atomic E-state index is 11.5. The number of aryl methyl sites for hydroxylation is 2. The maximum Gasteiger partial charge on any atom is 0.224 e.